The monoisotopic (exact) mass is 306 g/mol. The zero-order chi connectivity index (χ0) is 13.1. The van der Waals surface area contributed by atoms with Crippen LogP contribution in [0.25, 0.3) is 0 Å². The van der Waals surface area contributed by atoms with Crippen molar-refractivity contribution in [2.24, 2.45) is 0 Å². The van der Waals surface area contributed by atoms with Crippen molar-refractivity contribution in [3.63, 3.8) is 0 Å². The summed E-state index contributed by atoms with van der Waals surface area (Å²) in [5.41, 5.74) is 8.73. The minimum Gasteiger partial charge on any atom is -0.397 e. The van der Waals surface area contributed by atoms with Gasteiger partial charge in [0.25, 0.3) is 0 Å². The predicted octanol–water partition coefficient (Wildman–Crippen LogP) is 2.77. The Bertz CT molecular complexity index is 542. The van der Waals surface area contributed by atoms with E-state index in [9.17, 15) is 0 Å². The molecule has 18 heavy (non-hydrogen) atoms. The van der Waals surface area contributed by atoms with E-state index in [0.29, 0.717) is 5.69 Å². The fraction of sp³-hybridized carbons (Fsp3) is 0.231. The molecule has 0 bridgehead atoms. The molecule has 0 saturated heterocycles. The van der Waals surface area contributed by atoms with Gasteiger partial charge < -0.3 is 10.6 Å². The molecule has 0 fully saturated rings. The van der Waals surface area contributed by atoms with Crippen molar-refractivity contribution in [1.82, 2.24) is 9.97 Å². The fourth-order valence-corrected chi connectivity index (χ4v) is 2.32. The molecule has 2 heterocycles. The maximum absolute atomic E-state index is 5.82. The number of halogens is 1. The molecule has 0 amide bonds. The molecule has 2 N–H and O–H groups in total. The third-order valence-corrected chi connectivity index (χ3v) is 3.76. The molecule has 94 valence electrons. The lowest BCUT2D eigenvalue weighted by molar-refractivity contribution is 0.890. The van der Waals surface area contributed by atoms with Crippen LogP contribution in [-0.4, -0.2) is 17.0 Å². The van der Waals surface area contributed by atoms with Gasteiger partial charge in [0, 0.05) is 26.0 Å². The van der Waals surface area contributed by atoms with Crippen LogP contribution in [0.3, 0.4) is 0 Å². The number of pyridine rings is 2. The Labute approximate surface area is 115 Å². The normalized spacial score (nSPS) is 10.4. The van der Waals surface area contributed by atoms with Gasteiger partial charge in [0.05, 0.1) is 16.4 Å². The molecule has 4 nitrogen and oxygen atoms in total. The molecule has 0 unspecified atom stereocenters. The van der Waals surface area contributed by atoms with E-state index in [1.165, 1.54) is 5.56 Å². The third-order valence-electron chi connectivity index (χ3n) is 2.82. The smallest absolute Gasteiger partial charge is 0.143 e. The quantitative estimate of drug-likeness (QED) is 0.947. The van der Waals surface area contributed by atoms with E-state index in [-0.39, 0.29) is 0 Å². The summed E-state index contributed by atoms with van der Waals surface area (Å²) in [6.07, 6.45) is 5.28. The van der Waals surface area contributed by atoms with E-state index in [2.05, 4.69) is 30.8 Å². The van der Waals surface area contributed by atoms with E-state index < -0.39 is 0 Å². The van der Waals surface area contributed by atoms with Crippen LogP contribution in [0.1, 0.15) is 11.1 Å². The zero-order valence-electron chi connectivity index (χ0n) is 10.4. The molecule has 0 spiro atoms. The Morgan fingerprint density at radius 2 is 2.00 bits per heavy atom. The summed E-state index contributed by atoms with van der Waals surface area (Å²) < 4.78 is 0.944. The van der Waals surface area contributed by atoms with Crippen molar-refractivity contribution in [3.8, 4) is 0 Å². The highest BCUT2D eigenvalue weighted by Crippen LogP contribution is 2.30. The zero-order valence-corrected chi connectivity index (χ0v) is 12.0. The summed E-state index contributed by atoms with van der Waals surface area (Å²) in [6.45, 7) is 2.75. The summed E-state index contributed by atoms with van der Waals surface area (Å²) in [5, 5.41) is 0. The van der Waals surface area contributed by atoms with Crippen LogP contribution in [0.2, 0.25) is 0 Å². The van der Waals surface area contributed by atoms with Gasteiger partial charge in [0.15, 0.2) is 0 Å². The van der Waals surface area contributed by atoms with Crippen LogP contribution < -0.4 is 10.6 Å². The van der Waals surface area contributed by atoms with E-state index in [4.69, 9.17) is 5.73 Å². The first-order valence-corrected chi connectivity index (χ1v) is 6.39. The van der Waals surface area contributed by atoms with Crippen LogP contribution in [-0.2, 0) is 6.54 Å². The molecule has 0 saturated carbocycles. The maximum atomic E-state index is 5.82. The molecule has 5 heteroatoms. The predicted molar refractivity (Wildman–Crippen MR) is 77.4 cm³/mol. The molecule has 2 aromatic heterocycles. The van der Waals surface area contributed by atoms with Gasteiger partial charge in [-0.2, -0.15) is 0 Å². The Kier molecular flexibility index (Phi) is 3.81. The van der Waals surface area contributed by atoms with Crippen molar-refractivity contribution in [1.29, 1.82) is 0 Å². The summed E-state index contributed by atoms with van der Waals surface area (Å²) in [4.78, 5) is 10.5. The molecule has 0 aliphatic rings. The first-order valence-electron chi connectivity index (χ1n) is 5.60. The Morgan fingerprint density at radius 3 is 2.67 bits per heavy atom. The molecular formula is C13H15BrN4. The number of rotatable bonds is 3. The number of nitrogens with zero attached hydrogens (tertiary/aromatic N) is 3. The van der Waals surface area contributed by atoms with Gasteiger partial charge >= 0.3 is 0 Å². The lowest BCUT2D eigenvalue weighted by atomic mass is 10.2. The van der Waals surface area contributed by atoms with Gasteiger partial charge in [-0.15, -0.1) is 0 Å². The van der Waals surface area contributed by atoms with Gasteiger partial charge in [-0.1, -0.05) is 0 Å². The molecule has 0 aliphatic heterocycles. The van der Waals surface area contributed by atoms with Gasteiger partial charge in [-0.25, -0.2) is 4.98 Å². The summed E-state index contributed by atoms with van der Waals surface area (Å²) >= 11 is 3.55. The van der Waals surface area contributed by atoms with Crippen LogP contribution in [0.5, 0.6) is 0 Å². The number of nitrogens with two attached hydrogens (primary N) is 1. The number of anilines is 2. The highest BCUT2D eigenvalue weighted by atomic mass is 79.9. The van der Waals surface area contributed by atoms with Crippen LogP contribution in [0.15, 0.2) is 35.2 Å². The molecule has 0 aliphatic carbocycles. The highest BCUT2D eigenvalue weighted by molar-refractivity contribution is 9.10. The second-order valence-corrected chi connectivity index (χ2v) is 4.98. The second-order valence-electron chi connectivity index (χ2n) is 4.19. The lowest BCUT2D eigenvalue weighted by Crippen LogP contribution is -2.18. The second kappa shape index (κ2) is 5.35. The highest BCUT2D eigenvalue weighted by Gasteiger charge is 2.11. The first kappa shape index (κ1) is 12.8. The van der Waals surface area contributed by atoms with Crippen molar-refractivity contribution in [2.45, 2.75) is 13.5 Å². The standard InChI is InChI=1S/C13H15BrN4/c1-9-11(15)7-17-13(12(9)14)18(2)8-10-3-5-16-6-4-10/h3-7H,8,15H2,1-2H3. The van der Waals surface area contributed by atoms with Crippen molar-refractivity contribution in [2.75, 3.05) is 17.7 Å². The lowest BCUT2D eigenvalue weighted by Gasteiger charge is -2.20. The number of nitrogen functional groups attached to an aromatic ring is 1. The van der Waals surface area contributed by atoms with Crippen molar-refractivity contribution >= 4 is 27.4 Å². The molecule has 0 radical (unpaired) electrons. The minimum atomic E-state index is 0.697. The number of hydrogen-bond acceptors (Lipinski definition) is 4. The Hall–Kier alpha value is -1.62. The largest absolute Gasteiger partial charge is 0.397 e. The summed E-state index contributed by atoms with van der Waals surface area (Å²) in [7, 11) is 2.00. The van der Waals surface area contributed by atoms with Gasteiger partial charge in [0.1, 0.15) is 5.82 Å². The molecular weight excluding hydrogens is 292 g/mol. The van der Waals surface area contributed by atoms with Crippen molar-refractivity contribution < 1.29 is 0 Å². The average Bonchev–Trinajstić information content (AvgIpc) is 2.37. The Balaban J connectivity index is 2.24. The third kappa shape index (κ3) is 2.61. The number of hydrogen-bond donors (Lipinski definition) is 1. The SMILES string of the molecule is Cc1c(N)cnc(N(C)Cc2ccncc2)c1Br. The molecule has 2 rings (SSSR count). The molecule has 2 aromatic rings. The van der Waals surface area contributed by atoms with Gasteiger partial charge in [0.2, 0.25) is 0 Å². The Morgan fingerprint density at radius 1 is 1.33 bits per heavy atom. The van der Waals surface area contributed by atoms with E-state index >= 15 is 0 Å². The van der Waals surface area contributed by atoms with E-state index in [0.717, 1.165) is 22.4 Å². The topological polar surface area (TPSA) is 55.0 Å². The van der Waals surface area contributed by atoms with E-state index in [1.54, 1.807) is 18.6 Å². The first-order chi connectivity index (χ1) is 8.59. The maximum Gasteiger partial charge on any atom is 0.143 e. The van der Waals surface area contributed by atoms with Gasteiger partial charge in [-0.05, 0) is 46.1 Å². The van der Waals surface area contributed by atoms with Crippen molar-refractivity contribution in [3.05, 3.63) is 46.3 Å². The van der Waals surface area contributed by atoms with Crippen LogP contribution in [0.4, 0.5) is 11.5 Å². The molecule has 0 atom stereocenters. The van der Waals surface area contributed by atoms with Crippen LogP contribution in [0, 0.1) is 6.92 Å². The number of aromatic nitrogens is 2. The minimum absolute atomic E-state index is 0.697. The van der Waals surface area contributed by atoms with Crippen LogP contribution >= 0.6 is 15.9 Å². The summed E-state index contributed by atoms with van der Waals surface area (Å²) in [6, 6.07) is 3.99. The van der Waals surface area contributed by atoms with E-state index in [1.807, 2.05) is 26.1 Å². The van der Waals surface area contributed by atoms with Gasteiger partial charge in [-0.3, -0.25) is 4.98 Å². The molecule has 0 aromatic carbocycles. The fourth-order valence-electron chi connectivity index (χ4n) is 1.68. The summed E-state index contributed by atoms with van der Waals surface area (Å²) in [5.74, 6) is 0.888. The average molecular weight is 307 g/mol.